The lowest BCUT2D eigenvalue weighted by Crippen LogP contribution is -2.24. The molecule has 8 heteroatoms. The van der Waals surface area contributed by atoms with E-state index in [0.717, 1.165) is 57.3 Å². The van der Waals surface area contributed by atoms with E-state index in [1.165, 1.54) is 0 Å². The minimum atomic E-state index is 0.259. The number of carbonyl (C=O) groups excluding carboxylic acids is 1. The summed E-state index contributed by atoms with van der Waals surface area (Å²) in [6.45, 7) is 0.749. The topological polar surface area (TPSA) is 81.4 Å². The SMILES string of the molecule is O=Cc1cc2n(n1)CC(n1c(I)nc3cnc4[nH]ccc4c31)CC2. The van der Waals surface area contributed by atoms with E-state index in [-0.39, 0.29) is 6.04 Å². The number of carbonyl (C=O) groups is 1. The van der Waals surface area contributed by atoms with Gasteiger partial charge in [-0.25, -0.2) is 9.97 Å². The van der Waals surface area contributed by atoms with Gasteiger partial charge in [0.1, 0.15) is 16.9 Å². The molecule has 5 heterocycles. The lowest BCUT2D eigenvalue weighted by molar-refractivity contribution is 0.111. The number of aldehydes is 1. The minimum absolute atomic E-state index is 0.259. The third-order valence-electron chi connectivity index (χ3n) is 4.68. The van der Waals surface area contributed by atoms with Gasteiger partial charge in [-0.3, -0.25) is 9.48 Å². The van der Waals surface area contributed by atoms with E-state index in [4.69, 9.17) is 0 Å². The highest BCUT2D eigenvalue weighted by molar-refractivity contribution is 14.1. The summed E-state index contributed by atoms with van der Waals surface area (Å²) in [6, 6.07) is 4.19. The summed E-state index contributed by atoms with van der Waals surface area (Å²) in [7, 11) is 0. The van der Waals surface area contributed by atoms with Crippen molar-refractivity contribution >= 4 is 50.9 Å². The standard InChI is InChI=1S/C16H13IN6O/c17-16-20-13-6-19-15-12(3-4-18-15)14(13)23(16)11-2-1-10-5-9(8-24)21-22(10)7-11/h3-6,8,11H,1-2,7H2,(H,18,19). The maximum atomic E-state index is 11.0. The van der Waals surface area contributed by atoms with Crippen molar-refractivity contribution in [3.8, 4) is 0 Å². The third kappa shape index (κ3) is 1.95. The summed E-state index contributed by atoms with van der Waals surface area (Å²) in [4.78, 5) is 23.3. The first-order valence-electron chi connectivity index (χ1n) is 7.76. The highest BCUT2D eigenvalue weighted by Gasteiger charge is 2.26. The van der Waals surface area contributed by atoms with E-state index in [9.17, 15) is 4.79 Å². The van der Waals surface area contributed by atoms with Crippen LogP contribution in [-0.4, -0.2) is 35.6 Å². The second-order valence-electron chi connectivity index (χ2n) is 6.04. The van der Waals surface area contributed by atoms with Crippen molar-refractivity contribution in [3.05, 3.63) is 39.7 Å². The first kappa shape index (κ1) is 14.1. The molecule has 0 aliphatic carbocycles. The van der Waals surface area contributed by atoms with Crippen LogP contribution >= 0.6 is 22.6 Å². The largest absolute Gasteiger partial charge is 0.346 e. The van der Waals surface area contributed by atoms with Crippen molar-refractivity contribution in [3.63, 3.8) is 0 Å². The first-order chi connectivity index (χ1) is 11.7. The van der Waals surface area contributed by atoms with Crippen LogP contribution in [-0.2, 0) is 13.0 Å². The third-order valence-corrected chi connectivity index (χ3v) is 5.44. The Labute approximate surface area is 150 Å². The van der Waals surface area contributed by atoms with Gasteiger partial charge in [-0.05, 0) is 47.6 Å². The van der Waals surface area contributed by atoms with Crippen molar-refractivity contribution in [1.29, 1.82) is 0 Å². The molecule has 0 aromatic carbocycles. The maximum absolute atomic E-state index is 11.0. The Kier molecular flexibility index (Phi) is 3.02. The van der Waals surface area contributed by atoms with E-state index in [1.54, 1.807) is 0 Å². The zero-order valence-corrected chi connectivity index (χ0v) is 14.8. The number of fused-ring (bicyclic) bond motifs is 4. The number of nitrogens with one attached hydrogen (secondary N) is 1. The van der Waals surface area contributed by atoms with Gasteiger partial charge in [-0.15, -0.1) is 0 Å². The Bertz CT molecular complexity index is 1090. The molecular formula is C16H13IN6O. The molecule has 5 rings (SSSR count). The normalized spacial score (nSPS) is 17.5. The van der Waals surface area contributed by atoms with Gasteiger partial charge in [-0.1, -0.05) is 0 Å². The molecule has 0 bridgehead atoms. The maximum Gasteiger partial charge on any atom is 0.172 e. The number of nitrogens with zero attached hydrogens (tertiary/aromatic N) is 5. The van der Waals surface area contributed by atoms with Crippen molar-refractivity contribution in [2.75, 3.05) is 0 Å². The molecule has 120 valence electrons. The Morgan fingerprint density at radius 3 is 3.21 bits per heavy atom. The molecule has 0 amide bonds. The number of aromatic amines is 1. The molecule has 7 nitrogen and oxygen atoms in total. The molecule has 0 radical (unpaired) electrons. The predicted octanol–water partition coefficient (Wildman–Crippen LogP) is 2.71. The summed E-state index contributed by atoms with van der Waals surface area (Å²) >= 11 is 2.29. The smallest absolute Gasteiger partial charge is 0.172 e. The molecule has 1 aliphatic rings. The van der Waals surface area contributed by atoms with Crippen LogP contribution in [0.4, 0.5) is 0 Å². The fourth-order valence-electron chi connectivity index (χ4n) is 3.61. The average molecular weight is 432 g/mol. The summed E-state index contributed by atoms with van der Waals surface area (Å²) in [5.41, 5.74) is 4.53. The number of rotatable bonds is 2. The fourth-order valence-corrected chi connectivity index (χ4v) is 4.50. The van der Waals surface area contributed by atoms with E-state index >= 15 is 0 Å². The van der Waals surface area contributed by atoms with Crippen molar-refractivity contribution in [2.24, 2.45) is 0 Å². The second-order valence-corrected chi connectivity index (χ2v) is 7.00. The average Bonchev–Trinajstić information content (AvgIpc) is 3.28. The summed E-state index contributed by atoms with van der Waals surface area (Å²) < 4.78 is 5.20. The molecule has 0 saturated heterocycles. The van der Waals surface area contributed by atoms with Crippen LogP contribution in [0, 0.1) is 3.83 Å². The predicted molar refractivity (Wildman–Crippen MR) is 97.1 cm³/mol. The van der Waals surface area contributed by atoms with Crippen molar-refractivity contribution in [2.45, 2.75) is 25.4 Å². The molecule has 4 aromatic heterocycles. The van der Waals surface area contributed by atoms with Crippen LogP contribution in [0.15, 0.2) is 24.5 Å². The van der Waals surface area contributed by atoms with Crippen LogP contribution in [0.3, 0.4) is 0 Å². The van der Waals surface area contributed by atoms with Gasteiger partial charge >= 0.3 is 0 Å². The lowest BCUT2D eigenvalue weighted by Gasteiger charge is -2.26. The summed E-state index contributed by atoms with van der Waals surface area (Å²) in [5, 5.41) is 5.47. The fraction of sp³-hybridized carbons (Fsp3) is 0.250. The van der Waals surface area contributed by atoms with Crippen molar-refractivity contribution in [1.82, 2.24) is 29.3 Å². The van der Waals surface area contributed by atoms with Crippen LogP contribution < -0.4 is 0 Å². The van der Waals surface area contributed by atoms with Crippen LogP contribution in [0.25, 0.3) is 22.1 Å². The number of aromatic nitrogens is 6. The van der Waals surface area contributed by atoms with Gasteiger partial charge in [0.2, 0.25) is 0 Å². The Morgan fingerprint density at radius 2 is 2.33 bits per heavy atom. The number of imidazole rings is 1. The number of aryl methyl sites for hydroxylation is 1. The number of pyridine rings is 1. The van der Waals surface area contributed by atoms with Gasteiger partial charge in [-0.2, -0.15) is 5.10 Å². The summed E-state index contributed by atoms with van der Waals surface area (Å²) in [6.07, 6.45) is 6.44. The first-order valence-corrected chi connectivity index (χ1v) is 8.84. The van der Waals surface area contributed by atoms with E-state index in [2.05, 4.69) is 47.2 Å². The highest BCUT2D eigenvalue weighted by atomic mass is 127. The van der Waals surface area contributed by atoms with Gasteiger partial charge in [0, 0.05) is 17.3 Å². The molecule has 1 unspecified atom stereocenters. The number of H-pyrrole nitrogens is 1. The van der Waals surface area contributed by atoms with Crippen molar-refractivity contribution < 1.29 is 4.79 Å². The Balaban J connectivity index is 1.68. The van der Waals surface area contributed by atoms with Gasteiger partial charge in [0.15, 0.2) is 10.1 Å². The zero-order chi connectivity index (χ0) is 16.3. The molecule has 24 heavy (non-hydrogen) atoms. The molecule has 4 aromatic rings. The molecule has 1 N–H and O–H groups in total. The molecule has 0 fully saturated rings. The molecule has 1 atom stereocenters. The number of hydrogen-bond donors (Lipinski definition) is 1. The van der Waals surface area contributed by atoms with Crippen LogP contribution in [0.5, 0.6) is 0 Å². The number of halogens is 1. The molecule has 1 aliphatic heterocycles. The number of hydrogen-bond acceptors (Lipinski definition) is 4. The minimum Gasteiger partial charge on any atom is -0.346 e. The molecule has 0 saturated carbocycles. The van der Waals surface area contributed by atoms with Crippen LogP contribution in [0.2, 0.25) is 0 Å². The van der Waals surface area contributed by atoms with Gasteiger partial charge in [0.05, 0.1) is 24.3 Å². The Morgan fingerprint density at radius 1 is 1.42 bits per heavy atom. The quantitative estimate of drug-likeness (QED) is 0.390. The van der Waals surface area contributed by atoms with Crippen LogP contribution in [0.1, 0.15) is 28.6 Å². The van der Waals surface area contributed by atoms with E-state index in [0.29, 0.717) is 5.69 Å². The monoisotopic (exact) mass is 432 g/mol. The van der Waals surface area contributed by atoms with E-state index < -0.39 is 0 Å². The molecular weight excluding hydrogens is 419 g/mol. The lowest BCUT2D eigenvalue weighted by atomic mass is 10.0. The molecule has 0 spiro atoms. The van der Waals surface area contributed by atoms with Gasteiger partial charge < -0.3 is 9.55 Å². The summed E-state index contributed by atoms with van der Waals surface area (Å²) in [5.74, 6) is 0. The van der Waals surface area contributed by atoms with E-state index in [1.807, 2.05) is 29.2 Å². The van der Waals surface area contributed by atoms with Gasteiger partial charge in [0.25, 0.3) is 0 Å². The second kappa shape index (κ2) is 5.13. The Hall–Kier alpha value is -2.23. The zero-order valence-electron chi connectivity index (χ0n) is 12.6. The highest BCUT2D eigenvalue weighted by Crippen LogP contribution is 2.32.